The molecule has 4 nitrogen and oxygen atoms in total. The number of piperidine rings is 1. The molecule has 40 heavy (non-hydrogen) atoms. The molecule has 5 heteroatoms. The van der Waals surface area contributed by atoms with E-state index in [0.717, 1.165) is 74.4 Å². The summed E-state index contributed by atoms with van der Waals surface area (Å²) in [4.78, 5) is 8.95. The molecule has 0 saturated carbocycles. The van der Waals surface area contributed by atoms with Crippen molar-refractivity contribution in [3.8, 4) is 0 Å². The number of aryl methyl sites for hydroxylation is 2. The summed E-state index contributed by atoms with van der Waals surface area (Å²) >= 11 is 0. The van der Waals surface area contributed by atoms with Gasteiger partial charge >= 0.3 is 0 Å². The van der Waals surface area contributed by atoms with E-state index in [1.54, 1.807) is 6.07 Å². The standard InChI is InChI=1S/C33H37FN4.C2H6/c1-23-6-4-5-7-28(23)24(2)36-32-9-8-26-20-31(34)29(21-30(26)32)25(3)37-17-12-33(13-18-37)14-19-38(22-33)27-10-15-35-16-11-27;1-2/h4-7,10-11,15-16,20-21,32,36H,2-3,8-9,12-14,17-19,22H2,1H3;1-2H3. The fraction of sp³-hybridized carbons (Fsp3) is 0.400. The van der Waals surface area contributed by atoms with Crippen LogP contribution in [-0.2, 0) is 6.42 Å². The highest BCUT2D eigenvalue weighted by molar-refractivity contribution is 5.67. The van der Waals surface area contributed by atoms with Crippen molar-refractivity contribution in [3.63, 3.8) is 0 Å². The Bertz CT molecular complexity index is 1360. The van der Waals surface area contributed by atoms with E-state index in [2.05, 4.69) is 64.4 Å². The van der Waals surface area contributed by atoms with Crippen molar-refractivity contribution in [2.75, 3.05) is 31.1 Å². The molecule has 1 N–H and O–H groups in total. The summed E-state index contributed by atoms with van der Waals surface area (Å²) in [6, 6.07) is 16.4. The molecule has 2 saturated heterocycles. The van der Waals surface area contributed by atoms with Crippen LogP contribution in [0.2, 0.25) is 0 Å². The first-order chi connectivity index (χ1) is 19.4. The molecule has 0 bridgehead atoms. The molecule has 2 fully saturated rings. The van der Waals surface area contributed by atoms with E-state index in [9.17, 15) is 0 Å². The Labute approximate surface area is 239 Å². The number of nitrogens with one attached hydrogen (secondary N) is 1. The third kappa shape index (κ3) is 5.52. The minimum absolute atomic E-state index is 0.131. The molecule has 0 radical (unpaired) electrons. The summed E-state index contributed by atoms with van der Waals surface area (Å²) in [5.41, 5.74) is 8.56. The molecule has 1 unspecified atom stereocenters. The highest BCUT2D eigenvalue weighted by atomic mass is 19.1. The number of benzene rings is 2. The second-order valence-electron chi connectivity index (χ2n) is 11.4. The van der Waals surface area contributed by atoms with Crippen LogP contribution in [0.15, 0.2) is 74.1 Å². The second kappa shape index (κ2) is 11.9. The van der Waals surface area contributed by atoms with Crippen molar-refractivity contribution in [1.82, 2.24) is 15.2 Å². The zero-order valence-electron chi connectivity index (χ0n) is 24.3. The van der Waals surface area contributed by atoms with Gasteiger partial charge in [-0.2, -0.15) is 0 Å². The molecule has 2 aromatic carbocycles. The van der Waals surface area contributed by atoms with Gasteiger partial charge in [-0.15, -0.1) is 0 Å². The van der Waals surface area contributed by atoms with Crippen molar-refractivity contribution < 1.29 is 4.39 Å². The molecular formula is C35H43FN4. The van der Waals surface area contributed by atoms with Crippen LogP contribution < -0.4 is 10.2 Å². The summed E-state index contributed by atoms with van der Waals surface area (Å²) in [5.74, 6) is -0.155. The lowest BCUT2D eigenvalue weighted by atomic mass is 9.77. The molecule has 1 aromatic heterocycles. The van der Waals surface area contributed by atoms with E-state index in [-0.39, 0.29) is 11.9 Å². The average molecular weight is 539 g/mol. The summed E-state index contributed by atoms with van der Waals surface area (Å²) in [5, 5.41) is 3.64. The third-order valence-electron chi connectivity index (χ3n) is 9.11. The number of nitrogens with zero attached hydrogens (tertiary/aromatic N) is 3. The number of aromatic nitrogens is 1. The van der Waals surface area contributed by atoms with E-state index in [1.807, 2.05) is 44.4 Å². The predicted molar refractivity (Wildman–Crippen MR) is 165 cm³/mol. The number of fused-ring (bicyclic) bond motifs is 1. The largest absolute Gasteiger partial charge is 0.378 e. The Morgan fingerprint density at radius 3 is 2.40 bits per heavy atom. The van der Waals surface area contributed by atoms with Crippen LogP contribution in [0.1, 0.15) is 73.4 Å². The van der Waals surface area contributed by atoms with Crippen LogP contribution in [0.4, 0.5) is 10.1 Å². The van der Waals surface area contributed by atoms with Gasteiger partial charge in [-0.05, 0) is 91.0 Å². The first-order valence-electron chi connectivity index (χ1n) is 14.9. The van der Waals surface area contributed by atoms with Gasteiger partial charge in [-0.3, -0.25) is 4.98 Å². The molecule has 1 aliphatic carbocycles. The van der Waals surface area contributed by atoms with E-state index in [4.69, 9.17) is 0 Å². The van der Waals surface area contributed by atoms with Gasteiger partial charge in [0.05, 0.1) is 6.04 Å². The van der Waals surface area contributed by atoms with Crippen molar-refractivity contribution in [1.29, 1.82) is 0 Å². The molecule has 1 spiro atoms. The molecule has 3 aliphatic rings. The summed E-state index contributed by atoms with van der Waals surface area (Å²) < 4.78 is 15.4. The van der Waals surface area contributed by atoms with Gasteiger partial charge in [0.15, 0.2) is 0 Å². The molecular weight excluding hydrogens is 495 g/mol. The monoisotopic (exact) mass is 538 g/mol. The Morgan fingerprint density at radius 1 is 0.975 bits per heavy atom. The summed E-state index contributed by atoms with van der Waals surface area (Å²) in [6.45, 7) is 18.8. The molecule has 1 atom stereocenters. The predicted octanol–water partition coefficient (Wildman–Crippen LogP) is 7.77. The Kier molecular flexibility index (Phi) is 8.30. The van der Waals surface area contributed by atoms with E-state index >= 15 is 4.39 Å². The average Bonchev–Trinajstić information content (AvgIpc) is 3.58. The number of anilines is 1. The summed E-state index contributed by atoms with van der Waals surface area (Å²) in [7, 11) is 0. The summed E-state index contributed by atoms with van der Waals surface area (Å²) in [6.07, 6.45) is 8.99. The zero-order valence-corrected chi connectivity index (χ0v) is 24.3. The maximum Gasteiger partial charge on any atom is 0.132 e. The maximum atomic E-state index is 15.4. The third-order valence-corrected chi connectivity index (χ3v) is 9.11. The first kappa shape index (κ1) is 27.9. The lowest BCUT2D eigenvalue weighted by molar-refractivity contribution is 0.164. The van der Waals surface area contributed by atoms with Gasteiger partial charge in [0.25, 0.3) is 0 Å². The van der Waals surface area contributed by atoms with Crippen LogP contribution in [0.5, 0.6) is 0 Å². The molecule has 3 heterocycles. The molecule has 0 amide bonds. The number of rotatable bonds is 6. The quantitative estimate of drug-likeness (QED) is 0.347. The normalized spacial score (nSPS) is 19.1. The van der Waals surface area contributed by atoms with Crippen molar-refractivity contribution >= 4 is 17.1 Å². The SMILES string of the molecule is C=C(NC1CCc2cc(F)c(C(=C)N3CCC4(CC3)CCN(c3ccncc3)C4)cc21)c1ccccc1C.CC. The fourth-order valence-corrected chi connectivity index (χ4v) is 6.74. The van der Waals surface area contributed by atoms with E-state index < -0.39 is 0 Å². The number of likely N-dealkylation sites (tertiary alicyclic amines) is 1. The highest BCUT2D eigenvalue weighted by Crippen LogP contribution is 2.44. The minimum Gasteiger partial charge on any atom is -0.378 e. The minimum atomic E-state index is -0.155. The van der Waals surface area contributed by atoms with Gasteiger partial charge in [0, 0.05) is 61.2 Å². The zero-order chi connectivity index (χ0) is 28.3. The van der Waals surface area contributed by atoms with Crippen molar-refractivity contribution in [2.45, 2.75) is 58.9 Å². The smallest absolute Gasteiger partial charge is 0.132 e. The fourth-order valence-electron chi connectivity index (χ4n) is 6.74. The van der Waals surface area contributed by atoms with Gasteiger partial charge < -0.3 is 15.1 Å². The van der Waals surface area contributed by atoms with Gasteiger partial charge in [-0.25, -0.2) is 4.39 Å². The van der Waals surface area contributed by atoms with Gasteiger partial charge in [-0.1, -0.05) is 51.3 Å². The molecule has 3 aromatic rings. The lowest BCUT2D eigenvalue weighted by Gasteiger charge is -2.41. The van der Waals surface area contributed by atoms with Crippen LogP contribution >= 0.6 is 0 Å². The van der Waals surface area contributed by atoms with Crippen LogP contribution in [0.25, 0.3) is 11.4 Å². The molecule has 210 valence electrons. The molecule has 6 rings (SSSR count). The van der Waals surface area contributed by atoms with Crippen molar-refractivity contribution in [3.05, 3.63) is 108 Å². The van der Waals surface area contributed by atoms with Gasteiger partial charge in [0.2, 0.25) is 0 Å². The van der Waals surface area contributed by atoms with Crippen LogP contribution in [-0.4, -0.2) is 36.1 Å². The van der Waals surface area contributed by atoms with Gasteiger partial charge in [0.1, 0.15) is 5.82 Å². The Balaban J connectivity index is 0.00000158. The van der Waals surface area contributed by atoms with E-state index in [0.29, 0.717) is 11.0 Å². The highest BCUT2D eigenvalue weighted by Gasteiger charge is 2.41. The lowest BCUT2D eigenvalue weighted by Crippen LogP contribution is -2.40. The Morgan fingerprint density at radius 2 is 1.68 bits per heavy atom. The van der Waals surface area contributed by atoms with Crippen molar-refractivity contribution in [2.24, 2.45) is 5.41 Å². The first-order valence-corrected chi connectivity index (χ1v) is 14.9. The molecule has 2 aliphatic heterocycles. The topological polar surface area (TPSA) is 31.4 Å². The van der Waals surface area contributed by atoms with E-state index in [1.165, 1.54) is 23.2 Å². The number of hydrogen-bond acceptors (Lipinski definition) is 4. The van der Waals surface area contributed by atoms with Crippen LogP contribution in [0, 0.1) is 18.2 Å². The maximum absolute atomic E-state index is 15.4. The number of pyridine rings is 1. The Hall–Kier alpha value is -3.60. The number of halogens is 1. The second-order valence-corrected chi connectivity index (χ2v) is 11.4. The van der Waals surface area contributed by atoms with Crippen LogP contribution in [0.3, 0.4) is 0 Å². The number of hydrogen-bond donors (Lipinski definition) is 1.